The summed E-state index contributed by atoms with van der Waals surface area (Å²) in [5.74, 6) is 0.772. The lowest BCUT2D eigenvalue weighted by molar-refractivity contribution is 0.414. The summed E-state index contributed by atoms with van der Waals surface area (Å²) >= 11 is 0. The highest BCUT2D eigenvalue weighted by atomic mass is 16.5. The first kappa shape index (κ1) is 14.2. The Morgan fingerprint density at radius 2 is 1.50 bits per heavy atom. The van der Waals surface area contributed by atoms with E-state index < -0.39 is 0 Å². The third kappa shape index (κ3) is 2.25. The number of rotatable bonds is 3. The van der Waals surface area contributed by atoms with Crippen LogP contribution in [0.5, 0.6) is 5.75 Å². The molecule has 4 aromatic rings. The highest BCUT2D eigenvalue weighted by Crippen LogP contribution is 2.16. The zero-order valence-electron chi connectivity index (χ0n) is 13.0. The molecule has 6 heteroatoms. The van der Waals surface area contributed by atoms with Crippen LogP contribution in [0, 0.1) is 5.41 Å². The van der Waals surface area contributed by atoms with Gasteiger partial charge in [-0.1, -0.05) is 18.2 Å². The number of nitrogens with zero attached hydrogens (tertiary/aromatic N) is 4. The second kappa shape index (κ2) is 5.66. The molecule has 4 rings (SSSR count). The average Bonchev–Trinajstić information content (AvgIpc) is 3.08. The summed E-state index contributed by atoms with van der Waals surface area (Å²) < 4.78 is 8.75. The topological polar surface area (TPSA) is 68.7 Å². The molecule has 0 aliphatic carbocycles. The van der Waals surface area contributed by atoms with Crippen molar-refractivity contribution in [3.05, 3.63) is 72.7 Å². The Bertz CT molecular complexity index is 1050. The molecular weight excluding hydrogens is 302 g/mol. The van der Waals surface area contributed by atoms with E-state index in [-0.39, 0.29) is 0 Å². The van der Waals surface area contributed by atoms with Gasteiger partial charge in [-0.2, -0.15) is 0 Å². The Labute approximate surface area is 138 Å². The van der Waals surface area contributed by atoms with Gasteiger partial charge in [-0.25, -0.2) is 9.97 Å². The predicted octanol–water partition coefficient (Wildman–Crippen LogP) is 2.70. The first-order valence-corrected chi connectivity index (χ1v) is 7.47. The predicted molar refractivity (Wildman–Crippen MR) is 90.6 cm³/mol. The molecule has 0 aliphatic rings. The molecule has 0 amide bonds. The largest absolute Gasteiger partial charge is 0.497 e. The molecule has 2 heterocycles. The molecule has 6 nitrogen and oxygen atoms in total. The number of fused-ring (bicyclic) bond motifs is 1. The van der Waals surface area contributed by atoms with Crippen molar-refractivity contribution in [3.63, 3.8) is 0 Å². The van der Waals surface area contributed by atoms with Gasteiger partial charge in [-0.05, 0) is 36.4 Å². The van der Waals surface area contributed by atoms with Crippen molar-refractivity contribution < 1.29 is 4.74 Å². The molecule has 0 spiro atoms. The number of ether oxygens (including phenoxy) is 1. The lowest BCUT2D eigenvalue weighted by atomic mass is 10.3. The number of aromatic nitrogens is 4. The van der Waals surface area contributed by atoms with Crippen molar-refractivity contribution in [2.24, 2.45) is 0 Å². The van der Waals surface area contributed by atoms with E-state index >= 15 is 0 Å². The molecule has 0 radical (unpaired) electrons. The first-order chi connectivity index (χ1) is 11.8. The van der Waals surface area contributed by atoms with Gasteiger partial charge in [0.05, 0.1) is 7.11 Å². The van der Waals surface area contributed by atoms with Crippen LogP contribution in [0.15, 0.2) is 67.3 Å². The maximum Gasteiger partial charge on any atom is 0.169 e. The maximum atomic E-state index is 8.47. The summed E-state index contributed by atoms with van der Waals surface area (Å²) in [4.78, 5) is 8.89. The van der Waals surface area contributed by atoms with Crippen LogP contribution >= 0.6 is 0 Å². The van der Waals surface area contributed by atoms with Crippen molar-refractivity contribution in [2.75, 3.05) is 7.11 Å². The van der Waals surface area contributed by atoms with E-state index in [4.69, 9.17) is 10.1 Å². The van der Waals surface area contributed by atoms with Crippen molar-refractivity contribution in [3.8, 4) is 17.1 Å². The van der Waals surface area contributed by atoms with E-state index in [1.807, 2.05) is 59.2 Å². The molecule has 2 aromatic heterocycles. The summed E-state index contributed by atoms with van der Waals surface area (Å²) in [5.41, 5.74) is 3.31. The number of hydrogen-bond acceptors (Lipinski definition) is 4. The third-order valence-corrected chi connectivity index (χ3v) is 3.89. The third-order valence-electron chi connectivity index (χ3n) is 3.89. The Morgan fingerprint density at radius 1 is 0.833 bits per heavy atom. The minimum absolute atomic E-state index is 0.292. The zero-order valence-corrected chi connectivity index (χ0v) is 13.0. The fraction of sp³-hybridized carbons (Fsp3) is 0.0556. The van der Waals surface area contributed by atoms with Crippen molar-refractivity contribution >= 4 is 11.2 Å². The quantitative estimate of drug-likeness (QED) is 0.631. The molecule has 0 aliphatic heterocycles. The summed E-state index contributed by atoms with van der Waals surface area (Å²) in [6.07, 6.45) is 3.34. The first-order valence-electron chi connectivity index (χ1n) is 7.47. The molecule has 0 saturated carbocycles. The normalized spacial score (nSPS) is 10.9. The standard InChI is InChI=1S/C18H15N5O/c1-24-15-9-7-14(8-10-15)22-12-21-18-16(17(22)19)20-11-23(18)13-5-3-2-4-6-13/h2-12,19H,1H3. The summed E-state index contributed by atoms with van der Waals surface area (Å²) in [7, 11) is 1.63. The van der Waals surface area contributed by atoms with Gasteiger partial charge in [-0.15, -0.1) is 0 Å². The van der Waals surface area contributed by atoms with Gasteiger partial charge in [0.1, 0.15) is 18.4 Å². The van der Waals surface area contributed by atoms with Crippen LogP contribution in [0.2, 0.25) is 0 Å². The molecule has 0 bridgehead atoms. The van der Waals surface area contributed by atoms with Crippen molar-refractivity contribution in [1.82, 2.24) is 19.1 Å². The van der Waals surface area contributed by atoms with Gasteiger partial charge in [0, 0.05) is 11.4 Å². The van der Waals surface area contributed by atoms with Crippen molar-refractivity contribution in [2.45, 2.75) is 0 Å². The monoisotopic (exact) mass is 317 g/mol. The molecular formula is C18H15N5O. The molecule has 0 fully saturated rings. The number of nitrogens with one attached hydrogen (secondary N) is 1. The highest BCUT2D eigenvalue weighted by Gasteiger charge is 2.10. The average molecular weight is 317 g/mol. The lowest BCUT2D eigenvalue weighted by Crippen LogP contribution is -2.19. The summed E-state index contributed by atoms with van der Waals surface area (Å²) in [6.45, 7) is 0. The lowest BCUT2D eigenvalue weighted by Gasteiger charge is -2.08. The minimum atomic E-state index is 0.292. The SMILES string of the molecule is COc1ccc(-n2cnc3c(ncn3-c3ccccc3)c2=N)cc1. The van der Waals surface area contributed by atoms with Crippen LogP contribution in [0.3, 0.4) is 0 Å². The smallest absolute Gasteiger partial charge is 0.169 e. The fourth-order valence-electron chi connectivity index (χ4n) is 2.63. The van der Waals surface area contributed by atoms with E-state index in [0.29, 0.717) is 16.7 Å². The Morgan fingerprint density at radius 3 is 2.21 bits per heavy atom. The molecule has 1 N–H and O–H groups in total. The highest BCUT2D eigenvalue weighted by molar-refractivity contribution is 5.71. The Balaban J connectivity index is 1.86. The minimum Gasteiger partial charge on any atom is -0.497 e. The van der Waals surface area contributed by atoms with Gasteiger partial charge in [0.2, 0.25) is 0 Å². The maximum absolute atomic E-state index is 8.47. The number of para-hydroxylation sites is 1. The van der Waals surface area contributed by atoms with Crippen molar-refractivity contribution in [1.29, 1.82) is 5.41 Å². The number of hydrogen-bond donors (Lipinski definition) is 1. The van der Waals surface area contributed by atoms with Gasteiger partial charge in [-0.3, -0.25) is 14.5 Å². The van der Waals surface area contributed by atoms with Gasteiger partial charge in [0.25, 0.3) is 0 Å². The molecule has 24 heavy (non-hydrogen) atoms. The van der Waals surface area contributed by atoms with E-state index in [2.05, 4.69) is 9.97 Å². The Kier molecular flexibility index (Phi) is 3.35. The van der Waals surface area contributed by atoms with E-state index in [1.54, 1.807) is 24.3 Å². The van der Waals surface area contributed by atoms with E-state index in [1.165, 1.54) is 0 Å². The van der Waals surface area contributed by atoms with Crippen LogP contribution in [0.1, 0.15) is 0 Å². The number of benzene rings is 2. The van der Waals surface area contributed by atoms with Crippen LogP contribution in [-0.4, -0.2) is 26.2 Å². The molecule has 0 unspecified atom stereocenters. The molecule has 118 valence electrons. The van der Waals surface area contributed by atoms with E-state index in [9.17, 15) is 0 Å². The van der Waals surface area contributed by atoms with Crippen LogP contribution in [-0.2, 0) is 0 Å². The molecule has 0 saturated heterocycles. The van der Waals surface area contributed by atoms with Crippen LogP contribution < -0.4 is 10.2 Å². The number of methoxy groups -OCH3 is 1. The van der Waals surface area contributed by atoms with Gasteiger partial charge >= 0.3 is 0 Å². The van der Waals surface area contributed by atoms with Crippen LogP contribution in [0.25, 0.3) is 22.5 Å². The fourth-order valence-corrected chi connectivity index (χ4v) is 2.63. The Hall–Kier alpha value is -3.41. The molecule has 0 atom stereocenters. The molecule has 2 aromatic carbocycles. The number of imidazole rings is 1. The van der Waals surface area contributed by atoms with Gasteiger partial charge < -0.3 is 4.74 Å². The summed E-state index contributed by atoms with van der Waals surface area (Å²) in [5, 5.41) is 8.47. The van der Waals surface area contributed by atoms with Gasteiger partial charge in [0.15, 0.2) is 16.7 Å². The van der Waals surface area contributed by atoms with E-state index in [0.717, 1.165) is 17.1 Å². The zero-order chi connectivity index (χ0) is 16.5. The summed E-state index contributed by atoms with van der Waals surface area (Å²) in [6, 6.07) is 17.3. The second-order valence-corrected chi connectivity index (χ2v) is 5.28. The second-order valence-electron chi connectivity index (χ2n) is 5.28. The van der Waals surface area contributed by atoms with Crippen LogP contribution in [0.4, 0.5) is 0 Å².